The van der Waals surface area contributed by atoms with Crippen LogP contribution in [0.25, 0.3) is 11.0 Å². The van der Waals surface area contributed by atoms with Gasteiger partial charge in [0.05, 0.1) is 22.4 Å². The van der Waals surface area contributed by atoms with Crippen molar-refractivity contribution < 1.29 is 4.79 Å². The van der Waals surface area contributed by atoms with E-state index in [4.69, 9.17) is 17.3 Å². The first-order chi connectivity index (χ1) is 10.1. The van der Waals surface area contributed by atoms with Crippen LogP contribution in [0, 0.1) is 6.92 Å². The maximum absolute atomic E-state index is 12.4. The van der Waals surface area contributed by atoms with Gasteiger partial charge in [-0.2, -0.15) is 8.75 Å². The van der Waals surface area contributed by atoms with Crippen molar-refractivity contribution in [2.75, 3.05) is 11.1 Å². The Bertz CT molecular complexity index is 846. The smallest absolute Gasteiger partial charge is 0.256 e. The molecule has 3 N–H and O–H groups in total. The Hall–Kier alpha value is -2.18. The monoisotopic (exact) mass is 318 g/mol. The Kier molecular flexibility index (Phi) is 3.48. The molecule has 0 aliphatic heterocycles. The minimum absolute atomic E-state index is 0.255. The summed E-state index contributed by atoms with van der Waals surface area (Å²) in [7, 11) is 0. The maximum atomic E-state index is 12.4. The number of hydrogen-bond donors (Lipinski definition) is 2. The molecular formula is C14H11ClN4OS. The SMILES string of the molecule is Cc1cc(N)ccc1C(=O)Nc1c(Cl)ccc2nsnc12. The van der Waals surface area contributed by atoms with Crippen LogP contribution in [0.3, 0.4) is 0 Å². The Morgan fingerprint density at radius 2 is 2.10 bits per heavy atom. The Labute approximate surface area is 130 Å². The molecule has 0 saturated carbocycles. The zero-order valence-corrected chi connectivity index (χ0v) is 12.6. The van der Waals surface area contributed by atoms with Crippen molar-refractivity contribution >= 4 is 51.6 Å². The summed E-state index contributed by atoms with van der Waals surface area (Å²) in [6, 6.07) is 8.59. The molecule has 0 bridgehead atoms. The average Bonchev–Trinajstić information content (AvgIpc) is 2.90. The molecule has 0 atom stereocenters. The topological polar surface area (TPSA) is 80.9 Å². The van der Waals surface area contributed by atoms with Crippen LogP contribution >= 0.6 is 23.3 Å². The van der Waals surface area contributed by atoms with Crippen LogP contribution in [-0.4, -0.2) is 14.7 Å². The number of fused-ring (bicyclic) bond motifs is 1. The highest BCUT2D eigenvalue weighted by Crippen LogP contribution is 2.30. The van der Waals surface area contributed by atoms with Crippen LogP contribution in [0.4, 0.5) is 11.4 Å². The van der Waals surface area contributed by atoms with E-state index in [0.717, 1.165) is 17.3 Å². The molecular weight excluding hydrogens is 308 g/mol. The number of carbonyl (C=O) groups excluding carboxylic acids is 1. The van der Waals surface area contributed by atoms with E-state index in [1.165, 1.54) is 0 Å². The fourth-order valence-electron chi connectivity index (χ4n) is 2.07. The first kappa shape index (κ1) is 13.8. The molecule has 106 valence electrons. The first-order valence-corrected chi connectivity index (χ1v) is 7.25. The molecule has 2 aromatic carbocycles. The van der Waals surface area contributed by atoms with Gasteiger partial charge in [0, 0.05) is 11.3 Å². The standard InChI is InChI=1S/C14H11ClN4OS/c1-7-6-8(16)2-3-9(7)14(20)17-12-10(15)4-5-11-13(12)19-21-18-11/h2-6H,16H2,1H3,(H,17,20). The van der Waals surface area contributed by atoms with Gasteiger partial charge in [-0.15, -0.1) is 0 Å². The van der Waals surface area contributed by atoms with Crippen molar-refractivity contribution in [1.82, 2.24) is 8.75 Å². The molecule has 0 aliphatic rings. The van der Waals surface area contributed by atoms with Crippen molar-refractivity contribution in [3.8, 4) is 0 Å². The van der Waals surface area contributed by atoms with Crippen LogP contribution in [0.5, 0.6) is 0 Å². The molecule has 21 heavy (non-hydrogen) atoms. The van der Waals surface area contributed by atoms with Crippen LogP contribution < -0.4 is 11.1 Å². The van der Waals surface area contributed by atoms with Crippen LogP contribution in [0.2, 0.25) is 5.02 Å². The lowest BCUT2D eigenvalue weighted by atomic mass is 10.1. The number of nitrogens with zero attached hydrogens (tertiary/aromatic N) is 2. The fourth-order valence-corrected chi connectivity index (χ4v) is 2.81. The van der Waals surface area contributed by atoms with E-state index in [1.54, 1.807) is 30.3 Å². The zero-order valence-electron chi connectivity index (χ0n) is 11.1. The lowest BCUT2D eigenvalue weighted by Gasteiger charge is -2.10. The number of rotatable bonds is 2. The predicted octanol–water partition coefficient (Wildman–Crippen LogP) is 3.49. The minimum atomic E-state index is -0.255. The summed E-state index contributed by atoms with van der Waals surface area (Å²) in [5.74, 6) is -0.255. The number of anilines is 2. The number of halogens is 1. The molecule has 1 heterocycles. The fraction of sp³-hybridized carbons (Fsp3) is 0.0714. The van der Waals surface area contributed by atoms with E-state index in [0.29, 0.717) is 33.0 Å². The second kappa shape index (κ2) is 5.31. The molecule has 0 radical (unpaired) electrons. The molecule has 5 nitrogen and oxygen atoms in total. The van der Waals surface area contributed by atoms with E-state index in [2.05, 4.69) is 14.1 Å². The normalized spacial score (nSPS) is 10.8. The summed E-state index contributed by atoms with van der Waals surface area (Å²) < 4.78 is 8.31. The molecule has 3 rings (SSSR count). The van der Waals surface area contributed by atoms with Gasteiger partial charge in [0.15, 0.2) is 0 Å². The van der Waals surface area contributed by atoms with Crippen molar-refractivity contribution in [3.63, 3.8) is 0 Å². The van der Waals surface area contributed by atoms with Crippen LogP contribution in [-0.2, 0) is 0 Å². The molecule has 1 amide bonds. The van der Waals surface area contributed by atoms with Gasteiger partial charge in [-0.05, 0) is 42.8 Å². The number of carbonyl (C=O) groups is 1. The third-order valence-electron chi connectivity index (χ3n) is 3.11. The van der Waals surface area contributed by atoms with Gasteiger partial charge in [-0.3, -0.25) is 4.79 Å². The third kappa shape index (κ3) is 2.55. The summed E-state index contributed by atoms with van der Waals surface area (Å²) in [5, 5.41) is 3.24. The van der Waals surface area contributed by atoms with Crippen LogP contribution in [0.1, 0.15) is 15.9 Å². The summed E-state index contributed by atoms with van der Waals surface area (Å²) in [6.07, 6.45) is 0. The predicted molar refractivity (Wildman–Crippen MR) is 86.0 cm³/mol. The van der Waals surface area contributed by atoms with Gasteiger partial charge in [0.2, 0.25) is 0 Å². The Morgan fingerprint density at radius 3 is 2.86 bits per heavy atom. The van der Waals surface area contributed by atoms with E-state index >= 15 is 0 Å². The molecule has 0 saturated heterocycles. The Morgan fingerprint density at radius 1 is 1.29 bits per heavy atom. The molecule has 0 unspecified atom stereocenters. The summed E-state index contributed by atoms with van der Waals surface area (Å²) in [6.45, 7) is 1.83. The van der Waals surface area contributed by atoms with Crippen molar-refractivity contribution in [2.24, 2.45) is 0 Å². The van der Waals surface area contributed by atoms with Gasteiger partial charge >= 0.3 is 0 Å². The van der Waals surface area contributed by atoms with Gasteiger partial charge in [0.25, 0.3) is 5.91 Å². The van der Waals surface area contributed by atoms with Gasteiger partial charge < -0.3 is 11.1 Å². The highest BCUT2D eigenvalue weighted by atomic mass is 35.5. The number of aryl methyl sites for hydroxylation is 1. The van der Waals surface area contributed by atoms with E-state index in [9.17, 15) is 4.79 Å². The second-order valence-corrected chi connectivity index (χ2v) is 5.52. The Balaban J connectivity index is 2.00. The van der Waals surface area contributed by atoms with Crippen molar-refractivity contribution in [2.45, 2.75) is 6.92 Å². The molecule has 1 aromatic heterocycles. The van der Waals surface area contributed by atoms with Gasteiger partial charge in [-0.25, -0.2) is 0 Å². The minimum Gasteiger partial charge on any atom is -0.399 e. The van der Waals surface area contributed by atoms with Crippen molar-refractivity contribution in [1.29, 1.82) is 0 Å². The molecule has 3 aromatic rings. The number of nitrogen functional groups attached to an aromatic ring is 1. The average molecular weight is 319 g/mol. The zero-order chi connectivity index (χ0) is 15.0. The largest absolute Gasteiger partial charge is 0.399 e. The maximum Gasteiger partial charge on any atom is 0.256 e. The van der Waals surface area contributed by atoms with Crippen molar-refractivity contribution in [3.05, 3.63) is 46.5 Å². The number of benzene rings is 2. The summed E-state index contributed by atoms with van der Waals surface area (Å²) in [5.41, 5.74) is 9.42. The van der Waals surface area contributed by atoms with Crippen LogP contribution in [0.15, 0.2) is 30.3 Å². The third-order valence-corrected chi connectivity index (χ3v) is 3.97. The number of nitrogens with one attached hydrogen (secondary N) is 1. The van der Waals surface area contributed by atoms with Gasteiger partial charge in [-0.1, -0.05) is 11.6 Å². The lowest BCUT2D eigenvalue weighted by molar-refractivity contribution is 0.102. The highest BCUT2D eigenvalue weighted by Gasteiger charge is 2.15. The number of aromatic nitrogens is 2. The molecule has 0 fully saturated rings. The number of hydrogen-bond acceptors (Lipinski definition) is 5. The van der Waals surface area contributed by atoms with E-state index in [-0.39, 0.29) is 5.91 Å². The number of amides is 1. The molecule has 0 spiro atoms. The molecule has 0 aliphatic carbocycles. The quantitative estimate of drug-likeness (QED) is 0.709. The van der Waals surface area contributed by atoms with E-state index in [1.807, 2.05) is 6.92 Å². The van der Waals surface area contributed by atoms with Gasteiger partial charge in [0.1, 0.15) is 11.0 Å². The summed E-state index contributed by atoms with van der Waals surface area (Å²) in [4.78, 5) is 12.4. The lowest BCUT2D eigenvalue weighted by Crippen LogP contribution is -2.14. The molecule has 7 heteroatoms. The first-order valence-electron chi connectivity index (χ1n) is 6.14. The summed E-state index contributed by atoms with van der Waals surface area (Å²) >= 11 is 7.24. The highest BCUT2D eigenvalue weighted by molar-refractivity contribution is 7.00. The van der Waals surface area contributed by atoms with E-state index < -0.39 is 0 Å². The second-order valence-electron chi connectivity index (χ2n) is 4.58. The number of nitrogens with two attached hydrogens (primary N) is 1.